The molecule has 0 fully saturated rings. The monoisotopic (exact) mass is 252 g/mol. The van der Waals surface area contributed by atoms with Gasteiger partial charge < -0.3 is 10.2 Å². The van der Waals surface area contributed by atoms with Gasteiger partial charge in [-0.2, -0.15) is 5.10 Å². The summed E-state index contributed by atoms with van der Waals surface area (Å²) in [5, 5.41) is 7.10. The van der Waals surface area contributed by atoms with Gasteiger partial charge in [0.15, 0.2) is 0 Å². The minimum Gasteiger partial charge on any atom is -0.352 e. The predicted molar refractivity (Wildman–Crippen MR) is 72.7 cm³/mol. The molecule has 1 rings (SSSR count). The van der Waals surface area contributed by atoms with E-state index >= 15 is 0 Å². The Kier molecular flexibility index (Phi) is 5.85. The van der Waals surface area contributed by atoms with Gasteiger partial charge in [-0.3, -0.25) is 9.48 Å². The summed E-state index contributed by atoms with van der Waals surface area (Å²) in [4.78, 5) is 14.2. The molecule has 0 aromatic carbocycles. The first kappa shape index (κ1) is 14.7. The third kappa shape index (κ3) is 4.14. The van der Waals surface area contributed by atoms with Crippen molar-refractivity contribution in [3.8, 4) is 0 Å². The molecule has 1 aromatic heterocycles. The lowest BCUT2D eigenvalue weighted by molar-refractivity contribution is 0.0951. The normalized spacial score (nSPS) is 10.9. The van der Waals surface area contributed by atoms with Crippen LogP contribution in [0.5, 0.6) is 0 Å². The molecule has 0 spiro atoms. The summed E-state index contributed by atoms with van der Waals surface area (Å²) in [7, 11) is 1.82. The Hall–Kier alpha value is -1.36. The number of carbonyl (C=O) groups is 1. The summed E-state index contributed by atoms with van der Waals surface area (Å²) in [5.41, 5.74) is 1.44. The summed E-state index contributed by atoms with van der Waals surface area (Å²) >= 11 is 0. The maximum Gasteiger partial charge on any atom is 0.254 e. The molecular formula is C13H24N4O. The van der Waals surface area contributed by atoms with E-state index in [0.29, 0.717) is 12.1 Å². The molecule has 0 atom stereocenters. The Balaban J connectivity index is 2.32. The highest BCUT2D eigenvalue weighted by molar-refractivity contribution is 5.94. The van der Waals surface area contributed by atoms with E-state index in [-0.39, 0.29) is 5.91 Å². The van der Waals surface area contributed by atoms with Crippen molar-refractivity contribution in [1.82, 2.24) is 20.0 Å². The van der Waals surface area contributed by atoms with Crippen LogP contribution in [0.1, 0.15) is 36.3 Å². The van der Waals surface area contributed by atoms with Gasteiger partial charge in [0.05, 0.1) is 11.3 Å². The van der Waals surface area contributed by atoms with Gasteiger partial charge in [-0.15, -0.1) is 0 Å². The van der Waals surface area contributed by atoms with Crippen molar-refractivity contribution < 1.29 is 4.79 Å². The Bertz CT molecular complexity index is 382. The Labute approximate surface area is 109 Å². The number of amides is 1. The summed E-state index contributed by atoms with van der Waals surface area (Å²) in [6, 6.07) is 0. The number of nitrogens with zero attached hydrogens (tertiary/aromatic N) is 3. The molecule has 0 unspecified atom stereocenters. The number of aromatic nitrogens is 2. The van der Waals surface area contributed by atoms with Crippen LogP contribution in [0.3, 0.4) is 0 Å². The average molecular weight is 252 g/mol. The third-order valence-electron chi connectivity index (χ3n) is 3.09. The van der Waals surface area contributed by atoms with Crippen molar-refractivity contribution >= 4 is 5.91 Å². The summed E-state index contributed by atoms with van der Waals surface area (Å²) < 4.78 is 1.67. The van der Waals surface area contributed by atoms with Crippen molar-refractivity contribution in [3.63, 3.8) is 0 Å². The number of carbonyl (C=O) groups excluding carboxylic acids is 1. The first-order chi connectivity index (χ1) is 8.58. The summed E-state index contributed by atoms with van der Waals surface area (Å²) in [5.74, 6) is -0.0276. The molecule has 0 bridgehead atoms. The molecule has 18 heavy (non-hydrogen) atoms. The average Bonchev–Trinajstić information content (AvgIpc) is 2.68. The largest absolute Gasteiger partial charge is 0.352 e. The van der Waals surface area contributed by atoms with E-state index in [0.717, 1.165) is 31.7 Å². The van der Waals surface area contributed by atoms with Crippen LogP contribution >= 0.6 is 0 Å². The molecule has 1 aromatic rings. The first-order valence-electron chi connectivity index (χ1n) is 6.59. The lowest BCUT2D eigenvalue weighted by Crippen LogP contribution is -2.30. The van der Waals surface area contributed by atoms with E-state index in [4.69, 9.17) is 0 Å². The molecule has 5 heteroatoms. The molecular weight excluding hydrogens is 228 g/mol. The van der Waals surface area contributed by atoms with Crippen LogP contribution in [0.15, 0.2) is 6.20 Å². The number of hydrogen-bond acceptors (Lipinski definition) is 3. The highest BCUT2D eigenvalue weighted by Gasteiger charge is 2.11. The smallest absolute Gasteiger partial charge is 0.254 e. The van der Waals surface area contributed by atoms with Crippen molar-refractivity contribution in [3.05, 3.63) is 17.5 Å². The SMILES string of the molecule is CCN(CC)CCCNC(=O)c1cn(C)nc1C. The maximum atomic E-state index is 11.9. The van der Waals surface area contributed by atoms with E-state index in [1.165, 1.54) is 0 Å². The zero-order chi connectivity index (χ0) is 13.5. The highest BCUT2D eigenvalue weighted by atomic mass is 16.1. The van der Waals surface area contributed by atoms with Crippen LogP contribution in [0.25, 0.3) is 0 Å². The van der Waals surface area contributed by atoms with Gasteiger partial charge in [0.25, 0.3) is 5.91 Å². The van der Waals surface area contributed by atoms with Crippen molar-refractivity contribution in [2.75, 3.05) is 26.2 Å². The standard InChI is InChI=1S/C13H24N4O/c1-5-17(6-2)9-7-8-14-13(18)12-10-16(4)15-11(12)3/h10H,5-9H2,1-4H3,(H,14,18). The van der Waals surface area contributed by atoms with Gasteiger partial charge in [-0.1, -0.05) is 13.8 Å². The molecule has 0 aliphatic rings. The second-order valence-corrected chi connectivity index (χ2v) is 4.44. The molecule has 102 valence electrons. The van der Waals surface area contributed by atoms with Crippen LogP contribution < -0.4 is 5.32 Å². The van der Waals surface area contributed by atoms with Crippen LogP contribution in [0, 0.1) is 6.92 Å². The first-order valence-corrected chi connectivity index (χ1v) is 6.59. The molecule has 1 N–H and O–H groups in total. The summed E-state index contributed by atoms with van der Waals surface area (Å²) in [6.07, 6.45) is 2.74. The minimum atomic E-state index is -0.0276. The molecule has 5 nitrogen and oxygen atoms in total. The number of aryl methyl sites for hydroxylation is 2. The van der Waals surface area contributed by atoms with Crippen molar-refractivity contribution in [1.29, 1.82) is 0 Å². The fraction of sp³-hybridized carbons (Fsp3) is 0.692. The van der Waals surface area contributed by atoms with Gasteiger partial charge in [0, 0.05) is 19.8 Å². The molecule has 0 aliphatic carbocycles. The molecule has 1 heterocycles. The second-order valence-electron chi connectivity index (χ2n) is 4.44. The molecule has 0 saturated carbocycles. The van der Waals surface area contributed by atoms with E-state index in [2.05, 4.69) is 29.2 Å². The molecule has 0 aliphatic heterocycles. The Morgan fingerprint density at radius 2 is 2.11 bits per heavy atom. The maximum absolute atomic E-state index is 11.9. The van der Waals surface area contributed by atoms with E-state index < -0.39 is 0 Å². The van der Waals surface area contributed by atoms with Crippen LogP contribution in [0.2, 0.25) is 0 Å². The third-order valence-corrected chi connectivity index (χ3v) is 3.09. The fourth-order valence-electron chi connectivity index (χ4n) is 1.96. The number of hydrogen-bond donors (Lipinski definition) is 1. The van der Waals surface area contributed by atoms with Crippen LogP contribution in [-0.2, 0) is 7.05 Å². The van der Waals surface area contributed by atoms with Gasteiger partial charge in [-0.25, -0.2) is 0 Å². The van der Waals surface area contributed by atoms with Gasteiger partial charge in [-0.05, 0) is 33.0 Å². The molecule has 0 radical (unpaired) electrons. The van der Waals surface area contributed by atoms with E-state index in [1.807, 2.05) is 14.0 Å². The van der Waals surface area contributed by atoms with Crippen LogP contribution in [0.4, 0.5) is 0 Å². The van der Waals surface area contributed by atoms with Crippen LogP contribution in [-0.4, -0.2) is 46.8 Å². The lowest BCUT2D eigenvalue weighted by Gasteiger charge is -2.17. The molecule has 0 saturated heterocycles. The zero-order valence-electron chi connectivity index (χ0n) is 11.9. The van der Waals surface area contributed by atoms with Crippen molar-refractivity contribution in [2.45, 2.75) is 27.2 Å². The Morgan fingerprint density at radius 3 is 2.61 bits per heavy atom. The fourth-order valence-corrected chi connectivity index (χ4v) is 1.96. The minimum absolute atomic E-state index is 0.0276. The number of nitrogens with one attached hydrogen (secondary N) is 1. The zero-order valence-corrected chi connectivity index (χ0v) is 11.9. The van der Waals surface area contributed by atoms with Gasteiger partial charge in [0.2, 0.25) is 0 Å². The van der Waals surface area contributed by atoms with E-state index in [9.17, 15) is 4.79 Å². The summed E-state index contributed by atoms with van der Waals surface area (Å²) in [6.45, 7) is 10.0. The second kappa shape index (κ2) is 7.16. The van der Waals surface area contributed by atoms with Gasteiger partial charge >= 0.3 is 0 Å². The van der Waals surface area contributed by atoms with Crippen molar-refractivity contribution in [2.24, 2.45) is 7.05 Å². The highest BCUT2D eigenvalue weighted by Crippen LogP contribution is 2.03. The number of rotatable bonds is 7. The molecule has 1 amide bonds. The topological polar surface area (TPSA) is 50.2 Å². The Morgan fingerprint density at radius 1 is 1.44 bits per heavy atom. The van der Waals surface area contributed by atoms with Gasteiger partial charge in [0.1, 0.15) is 0 Å². The quantitative estimate of drug-likeness (QED) is 0.742. The van der Waals surface area contributed by atoms with E-state index in [1.54, 1.807) is 10.9 Å². The predicted octanol–water partition coefficient (Wildman–Crippen LogP) is 1.19. The lowest BCUT2D eigenvalue weighted by atomic mass is 10.2.